The molecule has 1 aromatic rings. The van der Waals surface area contributed by atoms with Crippen molar-refractivity contribution < 1.29 is 19.4 Å². The molecule has 0 aromatic heterocycles. The maximum atomic E-state index is 11.1. The standard InChI is InChI=1S/C14H18BrNO4/c1-2-3-11(14(17)18)16-8-9-6-10(15)13-12(7-9)19-4-5-20-13/h6-7,11,16H,2-5,8H2,1H3,(H,17,18). The first-order valence-corrected chi connectivity index (χ1v) is 7.45. The normalized spacial score (nSPS) is 14.9. The van der Waals surface area contributed by atoms with Crippen molar-refractivity contribution in [2.24, 2.45) is 0 Å². The van der Waals surface area contributed by atoms with Gasteiger partial charge in [0.15, 0.2) is 11.5 Å². The average molecular weight is 344 g/mol. The summed E-state index contributed by atoms with van der Waals surface area (Å²) in [5, 5.41) is 12.2. The summed E-state index contributed by atoms with van der Waals surface area (Å²) in [5.41, 5.74) is 0.962. The molecule has 0 bridgehead atoms. The summed E-state index contributed by atoms with van der Waals surface area (Å²) in [6.45, 7) is 3.52. The summed E-state index contributed by atoms with van der Waals surface area (Å²) in [7, 11) is 0. The zero-order chi connectivity index (χ0) is 14.5. The first kappa shape index (κ1) is 15.1. The largest absolute Gasteiger partial charge is 0.486 e. The third-order valence-electron chi connectivity index (χ3n) is 3.08. The maximum Gasteiger partial charge on any atom is 0.320 e. The molecular weight excluding hydrogens is 326 g/mol. The molecule has 20 heavy (non-hydrogen) atoms. The number of benzene rings is 1. The lowest BCUT2D eigenvalue weighted by Gasteiger charge is -2.21. The van der Waals surface area contributed by atoms with Gasteiger partial charge in [-0.3, -0.25) is 4.79 Å². The number of carbonyl (C=O) groups is 1. The number of hydrogen-bond donors (Lipinski definition) is 2. The quantitative estimate of drug-likeness (QED) is 0.830. The van der Waals surface area contributed by atoms with E-state index in [1.165, 1.54) is 0 Å². The van der Waals surface area contributed by atoms with Gasteiger partial charge in [0, 0.05) is 6.54 Å². The van der Waals surface area contributed by atoms with E-state index in [1.807, 2.05) is 19.1 Å². The van der Waals surface area contributed by atoms with Gasteiger partial charge in [-0.2, -0.15) is 0 Å². The summed E-state index contributed by atoms with van der Waals surface area (Å²) in [6.07, 6.45) is 1.44. The lowest BCUT2D eigenvalue weighted by Crippen LogP contribution is -2.36. The zero-order valence-electron chi connectivity index (χ0n) is 11.3. The highest BCUT2D eigenvalue weighted by Gasteiger charge is 2.18. The number of hydrogen-bond acceptors (Lipinski definition) is 4. The van der Waals surface area contributed by atoms with Crippen LogP contribution >= 0.6 is 15.9 Å². The van der Waals surface area contributed by atoms with E-state index in [1.54, 1.807) is 0 Å². The van der Waals surface area contributed by atoms with E-state index in [2.05, 4.69) is 21.2 Å². The number of aliphatic carboxylic acids is 1. The number of carboxylic acid groups (broad SMARTS) is 1. The highest BCUT2D eigenvalue weighted by Crippen LogP contribution is 2.38. The second-order valence-electron chi connectivity index (χ2n) is 4.66. The molecule has 0 saturated heterocycles. The van der Waals surface area contributed by atoms with Gasteiger partial charge in [0.05, 0.1) is 4.47 Å². The Hall–Kier alpha value is -1.27. The molecule has 0 fully saturated rings. The van der Waals surface area contributed by atoms with Crippen molar-refractivity contribution in [3.05, 3.63) is 22.2 Å². The van der Waals surface area contributed by atoms with E-state index in [9.17, 15) is 4.79 Å². The van der Waals surface area contributed by atoms with Crippen LogP contribution in [0.3, 0.4) is 0 Å². The molecule has 1 aliphatic rings. The number of ether oxygens (including phenoxy) is 2. The second kappa shape index (κ2) is 6.95. The molecule has 2 rings (SSSR count). The molecule has 5 nitrogen and oxygen atoms in total. The predicted molar refractivity (Wildman–Crippen MR) is 78.3 cm³/mol. The fourth-order valence-electron chi connectivity index (χ4n) is 2.11. The highest BCUT2D eigenvalue weighted by atomic mass is 79.9. The Bertz CT molecular complexity index is 492. The summed E-state index contributed by atoms with van der Waals surface area (Å²) in [4.78, 5) is 11.1. The van der Waals surface area contributed by atoms with Gasteiger partial charge in [-0.1, -0.05) is 13.3 Å². The minimum atomic E-state index is -0.816. The van der Waals surface area contributed by atoms with Gasteiger partial charge in [-0.25, -0.2) is 0 Å². The fourth-order valence-corrected chi connectivity index (χ4v) is 2.71. The Morgan fingerprint density at radius 2 is 2.20 bits per heavy atom. The number of nitrogens with one attached hydrogen (secondary N) is 1. The van der Waals surface area contributed by atoms with Gasteiger partial charge < -0.3 is 19.9 Å². The van der Waals surface area contributed by atoms with Gasteiger partial charge in [-0.05, 0) is 40.0 Å². The predicted octanol–water partition coefficient (Wildman–Crippen LogP) is 2.56. The molecule has 2 N–H and O–H groups in total. The maximum absolute atomic E-state index is 11.1. The molecule has 1 aliphatic heterocycles. The number of rotatable bonds is 6. The van der Waals surface area contributed by atoms with Crippen LogP contribution in [0.5, 0.6) is 11.5 Å². The van der Waals surface area contributed by atoms with Crippen molar-refractivity contribution in [3.63, 3.8) is 0 Å². The Labute approximate surface area is 126 Å². The van der Waals surface area contributed by atoms with Crippen molar-refractivity contribution in [2.45, 2.75) is 32.4 Å². The number of carboxylic acids is 1. The van der Waals surface area contributed by atoms with Crippen LogP contribution in [0.15, 0.2) is 16.6 Å². The Morgan fingerprint density at radius 3 is 2.90 bits per heavy atom. The van der Waals surface area contributed by atoms with Crippen molar-refractivity contribution in [2.75, 3.05) is 13.2 Å². The van der Waals surface area contributed by atoms with Crippen LogP contribution in [0, 0.1) is 0 Å². The van der Waals surface area contributed by atoms with Gasteiger partial charge in [0.25, 0.3) is 0 Å². The molecule has 6 heteroatoms. The SMILES string of the molecule is CCCC(NCc1cc(Br)c2c(c1)OCCO2)C(=O)O. The molecule has 1 aromatic carbocycles. The molecular formula is C14H18BrNO4. The van der Waals surface area contributed by atoms with Crippen LogP contribution in [0.4, 0.5) is 0 Å². The zero-order valence-corrected chi connectivity index (χ0v) is 12.9. The monoisotopic (exact) mass is 343 g/mol. The highest BCUT2D eigenvalue weighted by molar-refractivity contribution is 9.10. The third kappa shape index (κ3) is 3.64. The van der Waals surface area contributed by atoms with E-state index in [4.69, 9.17) is 14.6 Å². The molecule has 0 spiro atoms. The lowest BCUT2D eigenvalue weighted by atomic mass is 10.1. The van der Waals surface area contributed by atoms with Crippen molar-refractivity contribution >= 4 is 21.9 Å². The topological polar surface area (TPSA) is 67.8 Å². The summed E-state index contributed by atoms with van der Waals surface area (Å²) >= 11 is 3.45. The number of halogens is 1. The van der Waals surface area contributed by atoms with Crippen LogP contribution in [-0.2, 0) is 11.3 Å². The van der Waals surface area contributed by atoms with E-state index in [-0.39, 0.29) is 0 Å². The Morgan fingerprint density at radius 1 is 1.45 bits per heavy atom. The van der Waals surface area contributed by atoms with E-state index in [0.717, 1.165) is 16.5 Å². The minimum Gasteiger partial charge on any atom is -0.486 e. The Kier molecular flexibility index (Phi) is 5.25. The van der Waals surface area contributed by atoms with Crippen LogP contribution in [0.2, 0.25) is 0 Å². The van der Waals surface area contributed by atoms with Gasteiger partial charge >= 0.3 is 5.97 Å². The number of fused-ring (bicyclic) bond motifs is 1. The van der Waals surface area contributed by atoms with Crippen LogP contribution < -0.4 is 14.8 Å². The summed E-state index contributed by atoms with van der Waals surface area (Å²) < 4.78 is 11.9. The van der Waals surface area contributed by atoms with Gasteiger partial charge in [-0.15, -0.1) is 0 Å². The van der Waals surface area contributed by atoms with Crippen LogP contribution in [0.1, 0.15) is 25.3 Å². The van der Waals surface area contributed by atoms with Crippen molar-refractivity contribution in [3.8, 4) is 11.5 Å². The molecule has 0 saturated carbocycles. The van der Waals surface area contributed by atoms with Crippen molar-refractivity contribution in [1.29, 1.82) is 0 Å². The average Bonchev–Trinajstić information content (AvgIpc) is 2.43. The third-order valence-corrected chi connectivity index (χ3v) is 3.67. The van der Waals surface area contributed by atoms with Crippen LogP contribution in [-0.4, -0.2) is 30.3 Å². The van der Waals surface area contributed by atoms with Crippen LogP contribution in [0.25, 0.3) is 0 Å². The Balaban J connectivity index is 2.06. The smallest absolute Gasteiger partial charge is 0.320 e. The first-order chi connectivity index (χ1) is 9.61. The summed E-state index contributed by atoms with van der Waals surface area (Å²) in [6, 6.07) is 3.29. The van der Waals surface area contributed by atoms with Gasteiger partial charge in [0.2, 0.25) is 0 Å². The lowest BCUT2D eigenvalue weighted by molar-refractivity contribution is -0.139. The second-order valence-corrected chi connectivity index (χ2v) is 5.52. The fraction of sp³-hybridized carbons (Fsp3) is 0.500. The van der Waals surface area contributed by atoms with E-state index in [0.29, 0.717) is 37.7 Å². The minimum absolute atomic E-state index is 0.478. The van der Waals surface area contributed by atoms with Gasteiger partial charge in [0.1, 0.15) is 19.3 Å². The molecule has 110 valence electrons. The summed E-state index contributed by atoms with van der Waals surface area (Å²) in [5.74, 6) is 0.594. The molecule has 0 radical (unpaired) electrons. The van der Waals surface area contributed by atoms with E-state index >= 15 is 0 Å². The molecule has 1 heterocycles. The molecule has 0 aliphatic carbocycles. The molecule has 0 amide bonds. The molecule has 1 unspecified atom stereocenters. The first-order valence-electron chi connectivity index (χ1n) is 6.66. The molecule has 1 atom stereocenters. The van der Waals surface area contributed by atoms with Crippen molar-refractivity contribution in [1.82, 2.24) is 5.32 Å². The van der Waals surface area contributed by atoms with E-state index < -0.39 is 12.0 Å².